The quantitative estimate of drug-likeness (QED) is 0.631. The molecule has 162 valence electrons. The summed E-state index contributed by atoms with van der Waals surface area (Å²) in [7, 11) is 0. The number of piperidine rings is 1. The van der Waals surface area contributed by atoms with Crippen LogP contribution in [0.4, 0.5) is 0 Å². The fraction of sp³-hybridized carbons (Fsp3) is 0.409. The molecule has 0 atom stereocenters. The van der Waals surface area contributed by atoms with Crippen LogP contribution in [0.5, 0.6) is 0 Å². The minimum atomic E-state index is -0.0379. The lowest BCUT2D eigenvalue weighted by Gasteiger charge is -2.31. The van der Waals surface area contributed by atoms with Gasteiger partial charge in [-0.1, -0.05) is 40.6 Å². The van der Waals surface area contributed by atoms with Crippen molar-refractivity contribution in [2.75, 3.05) is 13.1 Å². The Hall–Kier alpha value is -3.49. The van der Waals surface area contributed by atoms with Gasteiger partial charge in [0.25, 0.3) is 5.91 Å². The van der Waals surface area contributed by atoms with E-state index in [4.69, 9.17) is 0 Å². The van der Waals surface area contributed by atoms with Gasteiger partial charge in [-0.3, -0.25) is 14.7 Å². The number of aryl methyl sites for hydroxylation is 1. The highest BCUT2D eigenvalue weighted by Crippen LogP contribution is 2.26. The number of likely N-dealkylation sites (tertiary alicyclic amines) is 1. The van der Waals surface area contributed by atoms with Crippen molar-refractivity contribution in [2.45, 2.75) is 39.7 Å². The lowest BCUT2D eigenvalue weighted by atomic mass is 9.93. The summed E-state index contributed by atoms with van der Waals surface area (Å²) < 4.78 is 4.64. The predicted octanol–water partition coefficient (Wildman–Crippen LogP) is 2.64. The average Bonchev–Trinajstić information content (AvgIpc) is 3.38. The zero-order valence-corrected chi connectivity index (χ0v) is 17.7. The van der Waals surface area contributed by atoms with Crippen LogP contribution in [0.2, 0.25) is 0 Å². The zero-order valence-electron chi connectivity index (χ0n) is 17.7. The van der Waals surface area contributed by atoms with Gasteiger partial charge in [0.1, 0.15) is 17.1 Å². The van der Waals surface area contributed by atoms with Crippen LogP contribution in [-0.2, 0) is 11.3 Å². The standard InChI is InChI=1S/C22H26N6O3/c1-14-20(17-6-4-3-5-7-17)24-25-21(14)22(30)28-10-8-16(9-11-28)12-19(29)23-13-18-15(2)26-31-27-18/h3-7,16H,8-13H2,1-2H3,(H,23,29)(H,24,25). The summed E-state index contributed by atoms with van der Waals surface area (Å²) in [6.07, 6.45) is 2.03. The smallest absolute Gasteiger partial charge is 0.272 e. The van der Waals surface area contributed by atoms with Crippen LogP contribution in [0, 0.1) is 19.8 Å². The van der Waals surface area contributed by atoms with Gasteiger partial charge in [-0.05, 0) is 32.6 Å². The Bertz CT molecular complexity index is 1050. The molecule has 0 spiro atoms. The molecule has 1 aliphatic heterocycles. The molecule has 1 fully saturated rings. The molecular formula is C22H26N6O3. The summed E-state index contributed by atoms with van der Waals surface area (Å²) in [6, 6.07) is 9.82. The van der Waals surface area contributed by atoms with Gasteiger partial charge in [0.2, 0.25) is 5.91 Å². The van der Waals surface area contributed by atoms with E-state index >= 15 is 0 Å². The van der Waals surface area contributed by atoms with Gasteiger partial charge in [0, 0.05) is 30.6 Å². The lowest BCUT2D eigenvalue weighted by molar-refractivity contribution is -0.122. The maximum atomic E-state index is 13.0. The number of carbonyl (C=O) groups is 2. The topological polar surface area (TPSA) is 117 Å². The van der Waals surface area contributed by atoms with E-state index in [0.29, 0.717) is 43.1 Å². The molecule has 9 nitrogen and oxygen atoms in total. The van der Waals surface area contributed by atoms with Gasteiger partial charge in [-0.2, -0.15) is 5.10 Å². The van der Waals surface area contributed by atoms with Gasteiger partial charge in [0.05, 0.1) is 12.2 Å². The molecular weight excluding hydrogens is 396 g/mol. The van der Waals surface area contributed by atoms with Crippen molar-refractivity contribution in [3.8, 4) is 11.3 Å². The number of hydrogen-bond acceptors (Lipinski definition) is 6. The number of aromatic amines is 1. The summed E-state index contributed by atoms with van der Waals surface area (Å²) in [6.45, 7) is 5.27. The first kappa shape index (κ1) is 20.8. The Morgan fingerprint density at radius 2 is 1.90 bits per heavy atom. The average molecular weight is 422 g/mol. The van der Waals surface area contributed by atoms with E-state index in [-0.39, 0.29) is 17.7 Å². The van der Waals surface area contributed by atoms with Gasteiger partial charge >= 0.3 is 0 Å². The zero-order chi connectivity index (χ0) is 21.8. The van der Waals surface area contributed by atoms with Crippen LogP contribution in [0.25, 0.3) is 11.3 Å². The van der Waals surface area contributed by atoms with Crippen LogP contribution in [0.1, 0.15) is 46.7 Å². The second-order valence-electron chi connectivity index (χ2n) is 7.95. The van der Waals surface area contributed by atoms with Crippen LogP contribution in [0.3, 0.4) is 0 Å². The van der Waals surface area contributed by atoms with Crippen molar-refractivity contribution in [1.29, 1.82) is 0 Å². The highest BCUT2D eigenvalue weighted by atomic mass is 16.6. The van der Waals surface area contributed by atoms with E-state index in [2.05, 4.69) is 30.5 Å². The number of nitrogens with zero attached hydrogens (tertiary/aromatic N) is 4. The van der Waals surface area contributed by atoms with E-state index in [9.17, 15) is 9.59 Å². The van der Waals surface area contributed by atoms with Crippen LogP contribution >= 0.6 is 0 Å². The maximum absolute atomic E-state index is 13.0. The number of benzene rings is 1. The normalized spacial score (nSPS) is 14.6. The maximum Gasteiger partial charge on any atom is 0.272 e. The third kappa shape index (κ3) is 4.65. The molecule has 0 saturated carbocycles. The predicted molar refractivity (Wildman–Crippen MR) is 113 cm³/mol. The van der Waals surface area contributed by atoms with Crippen LogP contribution in [0.15, 0.2) is 35.0 Å². The first-order valence-corrected chi connectivity index (χ1v) is 10.5. The molecule has 0 radical (unpaired) electrons. The fourth-order valence-electron chi connectivity index (χ4n) is 3.91. The highest BCUT2D eigenvalue weighted by Gasteiger charge is 2.27. The lowest BCUT2D eigenvalue weighted by Crippen LogP contribution is -2.40. The number of H-pyrrole nitrogens is 1. The molecule has 0 bridgehead atoms. The summed E-state index contributed by atoms with van der Waals surface area (Å²) in [5, 5.41) is 17.6. The van der Waals surface area contributed by atoms with Gasteiger partial charge in [-0.15, -0.1) is 0 Å². The second-order valence-corrected chi connectivity index (χ2v) is 7.95. The Balaban J connectivity index is 1.29. The van der Waals surface area contributed by atoms with Crippen molar-refractivity contribution in [1.82, 2.24) is 30.7 Å². The monoisotopic (exact) mass is 422 g/mol. The summed E-state index contributed by atoms with van der Waals surface area (Å²) >= 11 is 0. The van der Waals surface area contributed by atoms with Crippen LogP contribution < -0.4 is 5.32 Å². The van der Waals surface area contributed by atoms with Crippen molar-refractivity contribution in [2.24, 2.45) is 5.92 Å². The fourth-order valence-corrected chi connectivity index (χ4v) is 3.91. The molecule has 3 aromatic rings. The molecule has 2 aromatic heterocycles. The largest absolute Gasteiger partial charge is 0.350 e. The Kier molecular flexibility index (Phi) is 6.11. The molecule has 31 heavy (non-hydrogen) atoms. The van der Waals surface area contributed by atoms with Crippen molar-refractivity contribution < 1.29 is 14.2 Å². The van der Waals surface area contributed by atoms with Crippen molar-refractivity contribution in [3.63, 3.8) is 0 Å². The number of hydrogen-bond donors (Lipinski definition) is 2. The molecule has 0 unspecified atom stereocenters. The van der Waals surface area contributed by atoms with E-state index in [1.165, 1.54) is 0 Å². The number of carbonyl (C=O) groups excluding carboxylic acids is 2. The van der Waals surface area contributed by atoms with Crippen molar-refractivity contribution >= 4 is 11.8 Å². The third-order valence-electron chi connectivity index (χ3n) is 5.85. The minimum absolute atomic E-state index is 0.0240. The molecule has 1 saturated heterocycles. The molecule has 1 aliphatic rings. The molecule has 4 rings (SSSR count). The SMILES string of the molecule is Cc1nonc1CNC(=O)CC1CCN(C(=O)c2[nH]nc(-c3ccccc3)c2C)CC1. The molecule has 2 amide bonds. The molecule has 3 heterocycles. The summed E-state index contributed by atoms with van der Waals surface area (Å²) in [5.41, 5.74) is 4.49. The van der Waals surface area contributed by atoms with Gasteiger partial charge < -0.3 is 10.2 Å². The molecule has 0 aliphatic carbocycles. The van der Waals surface area contributed by atoms with E-state index in [1.807, 2.05) is 42.2 Å². The Morgan fingerprint density at radius 1 is 1.16 bits per heavy atom. The second kappa shape index (κ2) is 9.11. The third-order valence-corrected chi connectivity index (χ3v) is 5.85. The highest BCUT2D eigenvalue weighted by molar-refractivity contribution is 5.95. The molecule has 9 heteroatoms. The first-order chi connectivity index (χ1) is 15.0. The minimum Gasteiger partial charge on any atom is -0.350 e. The van der Waals surface area contributed by atoms with Gasteiger partial charge in [-0.25, -0.2) is 4.63 Å². The van der Waals surface area contributed by atoms with Crippen LogP contribution in [-0.4, -0.2) is 50.3 Å². The molecule has 1 aromatic carbocycles. The first-order valence-electron chi connectivity index (χ1n) is 10.5. The van der Waals surface area contributed by atoms with Gasteiger partial charge in [0.15, 0.2) is 0 Å². The van der Waals surface area contributed by atoms with E-state index < -0.39 is 0 Å². The molecule has 2 N–H and O–H groups in total. The Labute approximate surface area is 180 Å². The number of rotatable bonds is 6. The Morgan fingerprint density at radius 3 is 2.58 bits per heavy atom. The summed E-state index contributed by atoms with van der Waals surface area (Å²) in [5.74, 6) is 0.191. The van der Waals surface area contributed by atoms with E-state index in [1.54, 1.807) is 6.92 Å². The number of nitrogens with one attached hydrogen (secondary N) is 2. The van der Waals surface area contributed by atoms with E-state index in [0.717, 1.165) is 29.7 Å². The summed E-state index contributed by atoms with van der Waals surface area (Å²) in [4.78, 5) is 27.1. The number of amides is 2. The number of aromatic nitrogens is 4. The van der Waals surface area contributed by atoms with Crippen molar-refractivity contribution in [3.05, 3.63) is 53.0 Å².